The zero-order valence-corrected chi connectivity index (χ0v) is 12.2. The van der Waals surface area contributed by atoms with Crippen molar-refractivity contribution in [3.63, 3.8) is 0 Å². The van der Waals surface area contributed by atoms with Gasteiger partial charge in [0.1, 0.15) is 10.7 Å². The van der Waals surface area contributed by atoms with Crippen LogP contribution in [0.2, 0.25) is 0 Å². The van der Waals surface area contributed by atoms with Crippen molar-refractivity contribution in [3.8, 4) is 0 Å². The van der Waals surface area contributed by atoms with Crippen LogP contribution in [0.4, 0.5) is 5.82 Å². The molecule has 19 heavy (non-hydrogen) atoms. The molecule has 0 saturated carbocycles. The number of likely N-dealkylation sites (N-methyl/N-ethyl adjacent to an activating group) is 2. The molecular weight excluding hydrogens is 260 g/mol. The maximum atomic E-state index is 5.64. The zero-order valence-electron chi connectivity index (χ0n) is 11.3. The van der Waals surface area contributed by atoms with Crippen LogP contribution in [-0.4, -0.2) is 71.1 Å². The highest BCUT2D eigenvalue weighted by Crippen LogP contribution is 2.11. The van der Waals surface area contributed by atoms with Gasteiger partial charge in [-0.1, -0.05) is 12.2 Å². The molecule has 104 valence electrons. The molecule has 0 amide bonds. The summed E-state index contributed by atoms with van der Waals surface area (Å²) < 4.78 is 0. The van der Waals surface area contributed by atoms with Crippen molar-refractivity contribution in [3.05, 3.63) is 18.1 Å². The lowest BCUT2D eigenvalue weighted by Crippen LogP contribution is -2.52. The summed E-state index contributed by atoms with van der Waals surface area (Å²) >= 11 is 4.98. The number of thiocarbonyl (C=S) groups is 1. The maximum Gasteiger partial charge on any atom is 0.155 e. The van der Waals surface area contributed by atoms with Gasteiger partial charge in [0.15, 0.2) is 5.82 Å². The molecule has 1 aliphatic heterocycles. The van der Waals surface area contributed by atoms with Gasteiger partial charge >= 0.3 is 0 Å². The monoisotopic (exact) mass is 280 g/mol. The number of hydrogen-bond acceptors (Lipinski definition) is 6. The molecule has 1 fully saturated rings. The van der Waals surface area contributed by atoms with Crippen molar-refractivity contribution >= 4 is 23.0 Å². The van der Waals surface area contributed by atoms with Gasteiger partial charge in [-0.05, 0) is 14.1 Å². The highest BCUT2D eigenvalue weighted by Gasteiger charge is 2.22. The van der Waals surface area contributed by atoms with Gasteiger partial charge in [-0.2, -0.15) is 0 Å². The first kappa shape index (κ1) is 14.1. The molecule has 7 heteroatoms. The maximum absolute atomic E-state index is 5.64. The van der Waals surface area contributed by atoms with Crippen molar-refractivity contribution in [2.45, 2.75) is 6.04 Å². The first-order chi connectivity index (χ1) is 9.08. The lowest BCUT2D eigenvalue weighted by molar-refractivity contribution is 0.122. The molecule has 6 nitrogen and oxygen atoms in total. The number of piperazine rings is 1. The number of rotatable bonds is 4. The van der Waals surface area contributed by atoms with E-state index in [2.05, 4.69) is 39.2 Å². The average molecular weight is 280 g/mol. The van der Waals surface area contributed by atoms with E-state index in [0.717, 1.165) is 26.2 Å². The van der Waals surface area contributed by atoms with Crippen LogP contribution in [0, 0.1) is 0 Å². The molecule has 1 atom stereocenters. The Morgan fingerprint density at radius 1 is 1.42 bits per heavy atom. The van der Waals surface area contributed by atoms with Gasteiger partial charge in [0.2, 0.25) is 0 Å². The second-order valence-electron chi connectivity index (χ2n) is 4.90. The van der Waals surface area contributed by atoms with Crippen molar-refractivity contribution in [2.75, 3.05) is 45.6 Å². The van der Waals surface area contributed by atoms with Gasteiger partial charge in [-0.25, -0.2) is 9.97 Å². The second-order valence-corrected chi connectivity index (χ2v) is 5.34. The third-order valence-corrected chi connectivity index (χ3v) is 3.61. The van der Waals surface area contributed by atoms with Crippen LogP contribution in [0.25, 0.3) is 0 Å². The van der Waals surface area contributed by atoms with Crippen molar-refractivity contribution in [1.29, 1.82) is 0 Å². The van der Waals surface area contributed by atoms with E-state index in [9.17, 15) is 0 Å². The lowest BCUT2D eigenvalue weighted by Gasteiger charge is -2.37. The topological polar surface area (TPSA) is 70.3 Å². The molecule has 0 spiro atoms. The zero-order chi connectivity index (χ0) is 13.8. The molecule has 2 rings (SSSR count). The van der Waals surface area contributed by atoms with Crippen molar-refractivity contribution < 1.29 is 0 Å². The minimum atomic E-state index is 0.268. The molecule has 2 heterocycles. The molecular formula is C12H20N6S. The van der Waals surface area contributed by atoms with Gasteiger partial charge < -0.3 is 16.0 Å². The van der Waals surface area contributed by atoms with E-state index < -0.39 is 0 Å². The summed E-state index contributed by atoms with van der Waals surface area (Å²) in [6.45, 7) is 4.02. The number of anilines is 1. The molecule has 1 saturated heterocycles. The standard InChI is InChI=1S/C12H20N6S/c1-17-5-6-18(2)9(8-17)7-16-12-10(11(13)19)14-3-4-15-12/h3-4,9H,5-8H2,1-2H3,(H2,13,19)(H,15,16). The Bertz CT molecular complexity index is 452. The number of nitrogens with one attached hydrogen (secondary N) is 1. The predicted octanol–water partition coefficient (Wildman–Crippen LogP) is -0.231. The molecule has 3 N–H and O–H groups in total. The molecule has 1 aromatic rings. The molecule has 0 aliphatic carbocycles. The summed E-state index contributed by atoms with van der Waals surface area (Å²) in [6.07, 6.45) is 3.24. The summed E-state index contributed by atoms with van der Waals surface area (Å²) in [4.78, 5) is 13.4. The van der Waals surface area contributed by atoms with E-state index in [4.69, 9.17) is 18.0 Å². The molecule has 1 unspecified atom stereocenters. The van der Waals surface area contributed by atoms with Crippen LogP contribution in [0.15, 0.2) is 12.4 Å². The third kappa shape index (κ3) is 3.59. The van der Waals surface area contributed by atoms with E-state index in [0.29, 0.717) is 17.6 Å². The molecule has 0 aromatic carbocycles. The highest BCUT2D eigenvalue weighted by atomic mass is 32.1. The van der Waals surface area contributed by atoms with Crippen LogP contribution in [0.1, 0.15) is 5.69 Å². The van der Waals surface area contributed by atoms with Gasteiger partial charge in [-0.15, -0.1) is 0 Å². The van der Waals surface area contributed by atoms with Crippen LogP contribution >= 0.6 is 12.2 Å². The minimum absolute atomic E-state index is 0.268. The summed E-state index contributed by atoms with van der Waals surface area (Å²) in [7, 11) is 4.28. The minimum Gasteiger partial charge on any atom is -0.388 e. The predicted molar refractivity (Wildman–Crippen MR) is 80.3 cm³/mol. The van der Waals surface area contributed by atoms with E-state index in [1.54, 1.807) is 12.4 Å². The van der Waals surface area contributed by atoms with Gasteiger partial charge in [-0.3, -0.25) is 4.90 Å². The van der Waals surface area contributed by atoms with Crippen LogP contribution < -0.4 is 11.1 Å². The van der Waals surface area contributed by atoms with Crippen molar-refractivity contribution in [1.82, 2.24) is 19.8 Å². The second kappa shape index (κ2) is 6.23. The largest absolute Gasteiger partial charge is 0.388 e. The number of aromatic nitrogens is 2. The summed E-state index contributed by atoms with van der Waals surface area (Å²) in [6, 6.07) is 0.444. The number of hydrogen-bond donors (Lipinski definition) is 2. The highest BCUT2D eigenvalue weighted by molar-refractivity contribution is 7.80. The summed E-state index contributed by atoms with van der Waals surface area (Å²) in [5.41, 5.74) is 6.20. The fourth-order valence-corrected chi connectivity index (χ4v) is 2.33. The summed E-state index contributed by atoms with van der Waals surface area (Å²) in [5, 5.41) is 3.31. The van der Waals surface area contributed by atoms with Crippen LogP contribution in [-0.2, 0) is 0 Å². The molecule has 0 bridgehead atoms. The van der Waals surface area contributed by atoms with E-state index >= 15 is 0 Å². The fraction of sp³-hybridized carbons (Fsp3) is 0.583. The van der Waals surface area contributed by atoms with Crippen LogP contribution in [0.5, 0.6) is 0 Å². The molecule has 0 radical (unpaired) electrons. The quantitative estimate of drug-likeness (QED) is 0.738. The smallest absolute Gasteiger partial charge is 0.155 e. The first-order valence-electron chi connectivity index (χ1n) is 6.31. The molecule has 1 aliphatic rings. The van der Waals surface area contributed by atoms with Gasteiger partial charge in [0, 0.05) is 44.6 Å². The van der Waals surface area contributed by atoms with Gasteiger partial charge in [0.05, 0.1) is 0 Å². The fourth-order valence-electron chi connectivity index (χ4n) is 2.18. The summed E-state index contributed by atoms with van der Waals surface area (Å²) in [5.74, 6) is 0.664. The van der Waals surface area contributed by atoms with E-state index in [1.807, 2.05) is 0 Å². The average Bonchev–Trinajstić information content (AvgIpc) is 2.40. The Labute approximate surface area is 119 Å². The Balaban J connectivity index is 2.00. The van der Waals surface area contributed by atoms with Gasteiger partial charge in [0.25, 0.3) is 0 Å². The Morgan fingerprint density at radius 3 is 2.89 bits per heavy atom. The van der Waals surface area contributed by atoms with Crippen LogP contribution in [0.3, 0.4) is 0 Å². The number of nitrogens with zero attached hydrogens (tertiary/aromatic N) is 4. The Morgan fingerprint density at radius 2 is 2.16 bits per heavy atom. The number of nitrogens with two attached hydrogens (primary N) is 1. The molecule has 1 aromatic heterocycles. The van der Waals surface area contributed by atoms with E-state index in [-0.39, 0.29) is 4.99 Å². The Kier molecular flexibility index (Phi) is 4.62. The lowest BCUT2D eigenvalue weighted by atomic mass is 10.2. The SMILES string of the molecule is CN1CCN(C)C(CNc2nccnc2C(N)=S)C1. The van der Waals surface area contributed by atoms with Crippen molar-refractivity contribution in [2.24, 2.45) is 5.73 Å². The van der Waals surface area contributed by atoms with E-state index in [1.165, 1.54) is 0 Å². The Hall–Kier alpha value is -1.31. The third-order valence-electron chi connectivity index (χ3n) is 3.42. The first-order valence-corrected chi connectivity index (χ1v) is 6.72. The normalized spacial score (nSPS) is 21.3.